The molecule has 1 atom stereocenters. The lowest BCUT2D eigenvalue weighted by atomic mass is 10.0. The van der Waals surface area contributed by atoms with Crippen LogP contribution in [0.15, 0.2) is 35.8 Å². The minimum absolute atomic E-state index is 0.00945. The maximum atomic E-state index is 13.0. The van der Waals surface area contributed by atoms with E-state index in [1.807, 2.05) is 49.3 Å². The molecule has 1 aliphatic heterocycles. The quantitative estimate of drug-likeness (QED) is 0.858. The number of nitrogens with zero attached hydrogens (tertiary/aromatic N) is 3. The molecule has 1 saturated heterocycles. The Hall–Kier alpha value is -2.41. The number of benzene rings is 1. The Balaban J connectivity index is 1.63. The fourth-order valence-corrected chi connectivity index (χ4v) is 3.91. The molecule has 1 N–H and O–H groups in total. The Morgan fingerprint density at radius 1 is 1.19 bits per heavy atom. The predicted molar refractivity (Wildman–Crippen MR) is 108 cm³/mol. The average molecular weight is 387 g/mol. The van der Waals surface area contributed by atoms with Crippen LogP contribution >= 0.6 is 11.3 Å². The first-order valence-electron chi connectivity index (χ1n) is 9.26. The zero-order valence-electron chi connectivity index (χ0n) is 16.0. The Kier molecular flexibility index (Phi) is 6.11. The van der Waals surface area contributed by atoms with Crippen molar-refractivity contribution in [3.8, 4) is 0 Å². The van der Waals surface area contributed by atoms with E-state index < -0.39 is 6.04 Å². The van der Waals surface area contributed by atoms with Crippen molar-refractivity contribution >= 4 is 28.3 Å². The van der Waals surface area contributed by atoms with Crippen molar-refractivity contribution in [2.45, 2.75) is 26.8 Å². The standard InChI is InChI=1S/C20H26N4O2S/c1-14(2)17(22-18(25)16-6-4-5-15(3)13-16)19(26)23-8-10-24(11-9-23)20-21-7-12-27-20/h4-7,12-14,17H,8-11H2,1-3H3,(H,22,25). The van der Waals surface area contributed by atoms with Crippen LogP contribution in [-0.2, 0) is 4.79 Å². The summed E-state index contributed by atoms with van der Waals surface area (Å²) in [7, 11) is 0. The van der Waals surface area contributed by atoms with Gasteiger partial charge >= 0.3 is 0 Å². The van der Waals surface area contributed by atoms with E-state index in [2.05, 4.69) is 15.2 Å². The van der Waals surface area contributed by atoms with Gasteiger partial charge in [0.15, 0.2) is 5.13 Å². The number of hydrogen-bond acceptors (Lipinski definition) is 5. The molecule has 0 saturated carbocycles. The predicted octanol–water partition coefficient (Wildman–Crippen LogP) is 2.55. The van der Waals surface area contributed by atoms with Gasteiger partial charge < -0.3 is 15.1 Å². The summed E-state index contributed by atoms with van der Waals surface area (Å²) in [6.45, 7) is 8.68. The molecule has 1 aliphatic rings. The molecule has 1 unspecified atom stereocenters. The summed E-state index contributed by atoms with van der Waals surface area (Å²) in [4.78, 5) is 34.0. The fourth-order valence-electron chi connectivity index (χ4n) is 3.21. The first kappa shape index (κ1) is 19.4. The SMILES string of the molecule is Cc1cccc(C(=O)NC(C(=O)N2CCN(c3nccs3)CC2)C(C)C)c1. The largest absolute Gasteiger partial charge is 0.345 e. The Bertz CT molecular complexity index is 783. The van der Waals surface area contributed by atoms with Gasteiger partial charge in [0, 0.05) is 43.3 Å². The molecular weight excluding hydrogens is 360 g/mol. The molecule has 2 aromatic rings. The van der Waals surface area contributed by atoms with Crippen molar-refractivity contribution in [2.75, 3.05) is 31.1 Å². The highest BCUT2D eigenvalue weighted by Crippen LogP contribution is 2.19. The van der Waals surface area contributed by atoms with Crippen LogP contribution in [0.3, 0.4) is 0 Å². The number of rotatable bonds is 5. The number of aromatic nitrogens is 1. The molecule has 2 heterocycles. The van der Waals surface area contributed by atoms with Gasteiger partial charge in [0.2, 0.25) is 5.91 Å². The zero-order chi connectivity index (χ0) is 19.4. The van der Waals surface area contributed by atoms with Crippen LogP contribution in [0.4, 0.5) is 5.13 Å². The topological polar surface area (TPSA) is 65.5 Å². The maximum absolute atomic E-state index is 13.0. The lowest BCUT2D eigenvalue weighted by molar-refractivity contribution is -0.134. The van der Waals surface area contributed by atoms with E-state index >= 15 is 0 Å². The van der Waals surface area contributed by atoms with E-state index in [0.717, 1.165) is 23.8 Å². The average Bonchev–Trinajstić information content (AvgIpc) is 3.20. The third kappa shape index (κ3) is 4.66. The summed E-state index contributed by atoms with van der Waals surface area (Å²) in [6, 6.07) is 6.89. The highest BCUT2D eigenvalue weighted by Gasteiger charge is 2.31. The second-order valence-electron chi connectivity index (χ2n) is 7.19. The minimum atomic E-state index is -0.524. The van der Waals surface area contributed by atoms with E-state index in [9.17, 15) is 9.59 Å². The lowest BCUT2D eigenvalue weighted by Gasteiger charge is -2.37. The zero-order valence-corrected chi connectivity index (χ0v) is 16.8. The van der Waals surface area contributed by atoms with Crippen molar-refractivity contribution in [3.05, 3.63) is 47.0 Å². The molecule has 0 aliphatic carbocycles. The summed E-state index contributed by atoms with van der Waals surface area (Å²) in [5.41, 5.74) is 1.61. The first-order valence-corrected chi connectivity index (χ1v) is 10.1. The number of carbonyl (C=O) groups excluding carboxylic acids is 2. The van der Waals surface area contributed by atoms with Crippen LogP contribution in [0.25, 0.3) is 0 Å². The molecule has 0 radical (unpaired) electrons. The van der Waals surface area contributed by atoms with Crippen molar-refractivity contribution in [1.82, 2.24) is 15.2 Å². The molecule has 0 spiro atoms. The van der Waals surface area contributed by atoms with Gasteiger partial charge in [0.25, 0.3) is 5.91 Å². The molecule has 3 rings (SSSR count). The van der Waals surface area contributed by atoms with Gasteiger partial charge in [0.1, 0.15) is 6.04 Å². The van der Waals surface area contributed by atoms with Gasteiger partial charge in [-0.05, 0) is 25.0 Å². The summed E-state index contributed by atoms with van der Waals surface area (Å²) >= 11 is 1.61. The molecule has 27 heavy (non-hydrogen) atoms. The maximum Gasteiger partial charge on any atom is 0.251 e. The van der Waals surface area contributed by atoms with Gasteiger partial charge in [0.05, 0.1) is 0 Å². The van der Waals surface area contributed by atoms with Crippen molar-refractivity contribution in [1.29, 1.82) is 0 Å². The Morgan fingerprint density at radius 3 is 2.52 bits per heavy atom. The monoisotopic (exact) mass is 386 g/mol. The molecule has 1 fully saturated rings. The highest BCUT2D eigenvalue weighted by molar-refractivity contribution is 7.13. The Morgan fingerprint density at radius 2 is 1.93 bits per heavy atom. The van der Waals surface area contributed by atoms with Crippen LogP contribution in [-0.4, -0.2) is 53.9 Å². The Labute approximate surface area is 164 Å². The van der Waals surface area contributed by atoms with E-state index in [0.29, 0.717) is 18.7 Å². The second kappa shape index (κ2) is 8.52. The summed E-state index contributed by atoms with van der Waals surface area (Å²) in [6.07, 6.45) is 1.80. The van der Waals surface area contributed by atoms with Gasteiger partial charge in [-0.25, -0.2) is 4.98 Å². The molecule has 1 aromatic heterocycles. The number of hydrogen-bond donors (Lipinski definition) is 1. The van der Waals surface area contributed by atoms with E-state index in [-0.39, 0.29) is 17.7 Å². The number of aryl methyl sites for hydroxylation is 1. The van der Waals surface area contributed by atoms with E-state index in [1.165, 1.54) is 0 Å². The first-order chi connectivity index (χ1) is 13.0. The third-order valence-corrected chi connectivity index (χ3v) is 5.61. The van der Waals surface area contributed by atoms with Crippen LogP contribution in [0.2, 0.25) is 0 Å². The fraction of sp³-hybridized carbons (Fsp3) is 0.450. The summed E-state index contributed by atoms with van der Waals surface area (Å²) in [5.74, 6) is -0.194. The molecule has 144 valence electrons. The van der Waals surface area contributed by atoms with Gasteiger partial charge in [-0.15, -0.1) is 11.3 Å². The lowest BCUT2D eigenvalue weighted by Crippen LogP contribution is -2.56. The van der Waals surface area contributed by atoms with Gasteiger partial charge in [-0.3, -0.25) is 9.59 Å². The number of anilines is 1. The molecular formula is C20H26N4O2S. The van der Waals surface area contributed by atoms with Crippen LogP contribution in [0.5, 0.6) is 0 Å². The van der Waals surface area contributed by atoms with Gasteiger partial charge in [-0.2, -0.15) is 0 Å². The van der Waals surface area contributed by atoms with E-state index in [4.69, 9.17) is 0 Å². The third-order valence-electron chi connectivity index (χ3n) is 4.78. The van der Waals surface area contributed by atoms with Crippen molar-refractivity contribution in [3.63, 3.8) is 0 Å². The molecule has 1 aromatic carbocycles. The second-order valence-corrected chi connectivity index (χ2v) is 8.06. The normalized spacial score (nSPS) is 15.7. The summed E-state index contributed by atoms with van der Waals surface area (Å²) < 4.78 is 0. The van der Waals surface area contributed by atoms with Gasteiger partial charge in [-0.1, -0.05) is 31.5 Å². The molecule has 6 nitrogen and oxygen atoms in total. The number of thiazole rings is 1. The van der Waals surface area contributed by atoms with Crippen molar-refractivity contribution < 1.29 is 9.59 Å². The number of nitrogens with one attached hydrogen (secondary N) is 1. The van der Waals surface area contributed by atoms with E-state index in [1.54, 1.807) is 23.6 Å². The number of piperazine rings is 1. The molecule has 0 bridgehead atoms. The van der Waals surface area contributed by atoms with Crippen LogP contribution < -0.4 is 10.2 Å². The summed E-state index contributed by atoms with van der Waals surface area (Å²) in [5, 5.41) is 5.90. The minimum Gasteiger partial charge on any atom is -0.345 e. The van der Waals surface area contributed by atoms with Crippen molar-refractivity contribution in [2.24, 2.45) is 5.92 Å². The molecule has 2 amide bonds. The molecule has 7 heteroatoms. The highest BCUT2D eigenvalue weighted by atomic mass is 32.1. The number of carbonyl (C=O) groups is 2. The smallest absolute Gasteiger partial charge is 0.251 e. The van der Waals surface area contributed by atoms with Crippen LogP contribution in [0, 0.1) is 12.8 Å². The van der Waals surface area contributed by atoms with Crippen LogP contribution in [0.1, 0.15) is 29.8 Å². The number of amides is 2.